The maximum Gasteiger partial charge on any atom is 0.319 e. The van der Waals surface area contributed by atoms with E-state index in [1.807, 2.05) is 42.5 Å². The van der Waals surface area contributed by atoms with Crippen LogP contribution in [0.2, 0.25) is 5.02 Å². The summed E-state index contributed by atoms with van der Waals surface area (Å²) in [6.45, 7) is 3.10. The van der Waals surface area contributed by atoms with E-state index in [1.54, 1.807) is 12.1 Å². The van der Waals surface area contributed by atoms with E-state index < -0.39 is 0 Å². The normalized spacial score (nSPS) is 20.2. The lowest BCUT2D eigenvalue weighted by molar-refractivity contribution is -0.124. The van der Waals surface area contributed by atoms with Gasteiger partial charge in [0.15, 0.2) is 5.78 Å². The van der Waals surface area contributed by atoms with Gasteiger partial charge in [0.25, 0.3) is 0 Å². The fourth-order valence-corrected chi connectivity index (χ4v) is 4.84. The summed E-state index contributed by atoms with van der Waals surface area (Å²) in [4.78, 5) is 25.4. The molecule has 3 N–H and O–H groups in total. The fourth-order valence-electron chi connectivity index (χ4n) is 4.71. The number of anilines is 1. The summed E-state index contributed by atoms with van der Waals surface area (Å²) in [6, 6.07) is 25.1. The summed E-state index contributed by atoms with van der Waals surface area (Å²) in [5, 5.41) is 9.83. The highest BCUT2D eigenvalue weighted by Gasteiger charge is 2.33. The second-order valence-electron chi connectivity index (χ2n) is 9.20. The van der Waals surface area contributed by atoms with Gasteiger partial charge >= 0.3 is 6.03 Å². The largest absolute Gasteiger partial charge is 0.334 e. The van der Waals surface area contributed by atoms with Gasteiger partial charge in [-0.25, -0.2) is 4.79 Å². The molecule has 4 rings (SSSR count). The number of urea groups is 1. The predicted octanol–water partition coefficient (Wildman–Crippen LogP) is 6.29. The third-order valence-electron chi connectivity index (χ3n) is 6.76. The summed E-state index contributed by atoms with van der Waals surface area (Å²) in [5.41, 5.74) is 4.02. The molecular weight excluding hydrogens is 458 g/mol. The van der Waals surface area contributed by atoms with Crippen LogP contribution in [0.1, 0.15) is 48.8 Å². The molecule has 0 aliphatic heterocycles. The highest BCUT2D eigenvalue weighted by atomic mass is 35.5. The number of benzene rings is 3. The number of ketones is 1. The van der Waals surface area contributed by atoms with Crippen molar-refractivity contribution in [3.63, 3.8) is 0 Å². The molecule has 0 spiro atoms. The molecule has 1 saturated carbocycles. The van der Waals surface area contributed by atoms with Crippen LogP contribution >= 0.6 is 11.6 Å². The third-order valence-corrected chi connectivity index (χ3v) is 7.01. The van der Waals surface area contributed by atoms with Crippen LogP contribution < -0.4 is 16.0 Å². The molecule has 0 radical (unpaired) electrons. The zero-order chi connectivity index (χ0) is 24.6. The quantitative estimate of drug-likeness (QED) is 0.341. The Bertz CT molecular complexity index is 1120. The van der Waals surface area contributed by atoms with Gasteiger partial charge in [0.2, 0.25) is 0 Å². The minimum absolute atomic E-state index is 0.00430. The van der Waals surface area contributed by atoms with Crippen molar-refractivity contribution in [3.05, 3.63) is 101 Å². The Kier molecular flexibility index (Phi) is 8.56. The number of halogens is 1. The lowest BCUT2D eigenvalue weighted by atomic mass is 9.82. The van der Waals surface area contributed by atoms with Crippen molar-refractivity contribution in [2.24, 2.45) is 5.92 Å². The summed E-state index contributed by atoms with van der Waals surface area (Å²) in [6.07, 6.45) is 2.93. The van der Waals surface area contributed by atoms with Crippen molar-refractivity contribution in [3.8, 4) is 0 Å². The molecular formula is C29H32ClN3O2. The first-order valence-corrected chi connectivity index (χ1v) is 12.6. The molecule has 3 unspecified atom stereocenters. The highest BCUT2D eigenvalue weighted by Crippen LogP contribution is 2.34. The average Bonchev–Trinajstić information content (AvgIpc) is 3.02. The van der Waals surface area contributed by atoms with E-state index in [0.717, 1.165) is 30.4 Å². The van der Waals surface area contributed by atoms with Crippen LogP contribution in [0, 0.1) is 5.92 Å². The number of amides is 2. The number of hydrogen-bond donors (Lipinski definition) is 3. The van der Waals surface area contributed by atoms with Crippen molar-refractivity contribution < 1.29 is 9.59 Å². The molecule has 0 heterocycles. The monoisotopic (exact) mass is 489 g/mol. The number of nitrogens with one attached hydrogen (secondary N) is 3. The van der Waals surface area contributed by atoms with Gasteiger partial charge < -0.3 is 16.0 Å². The molecule has 35 heavy (non-hydrogen) atoms. The first-order chi connectivity index (χ1) is 17.0. The van der Waals surface area contributed by atoms with Crippen LogP contribution in [-0.2, 0) is 17.9 Å². The molecule has 0 aromatic heterocycles. The van der Waals surface area contributed by atoms with E-state index in [0.29, 0.717) is 29.6 Å². The maximum absolute atomic E-state index is 13.2. The van der Waals surface area contributed by atoms with Crippen LogP contribution in [-0.4, -0.2) is 17.9 Å². The van der Waals surface area contributed by atoms with E-state index in [9.17, 15) is 9.59 Å². The molecule has 1 fully saturated rings. The van der Waals surface area contributed by atoms with E-state index in [4.69, 9.17) is 11.6 Å². The molecule has 1 aliphatic rings. The summed E-state index contributed by atoms with van der Waals surface area (Å²) in [7, 11) is 0. The van der Waals surface area contributed by atoms with E-state index in [1.165, 1.54) is 5.56 Å². The number of rotatable bonds is 7. The van der Waals surface area contributed by atoms with Gasteiger partial charge in [-0.05, 0) is 59.7 Å². The first-order valence-electron chi connectivity index (χ1n) is 12.2. The molecule has 1 aliphatic carbocycles. The zero-order valence-corrected chi connectivity index (χ0v) is 20.7. The Labute approximate surface area is 212 Å². The van der Waals surface area contributed by atoms with Crippen molar-refractivity contribution >= 4 is 29.1 Å². The standard InChI is InChI=1S/C29H32ClN3O2/c1-20-26(23-6-3-2-4-7-23)8-5-9-27(28(20)34)31-18-22-12-16-25(17-13-22)33-29(35)32-19-21-10-14-24(30)15-11-21/h2-4,6-7,10-17,20,26-27,31H,5,8-9,18-19H2,1H3,(H2,32,33,35). The van der Waals surface area contributed by atoms with Gasteiger partial charge in [0.1, 0.15) is 0 Å². The Balaban J connectivity index is 1.26. The number of hydrogen-bond acceptors (Lipinski definition) is 3. The van der Waals surface area contributed by atoms with Gasteiger partial charge in [0, 0.05) is 29.7 Å². The number of carbonyl (C=O) groups excluding carboxylic acids is 2. The fraction of sp³-hybridized carbons (Fsp3) is 0.310. The highest BCUT2D eigenvalue weighted by molar-refractivity contribution is 6.30. The second-order valence-corrected chi connectivity index (χ2v) is 9.64. The van der Waals surface area contributed by atoms with Crippen LogP contribution in [0.4, 0.5) is 10.5 Å². The molecule has 5 nitrogen and oxygen atoms in total. The Hall–Kier alpha value is -3.15. The molecule has 3 atom stereocenters. The van der Waals surface area contributed by atoms with Crippen molar-refractivity contribution in [2.45, 2.75) is 51.2 Å². The van der Waals surface area contributed by atoms with E-state index >= 15 is 0 Å². The maximum atomic E-state index is 13.2. The van der Waals surface area contributed by atoms with Crippen LogP contribution in [0.5, 0.6) is 0 Å². The SMILES string of the molecule is CC1C(=O)C(NCc2ccc(NC(=O)NCc3ccc(Cl)cc3)cc2)CCCC1c1ccccc1. The topological polar surface area (TPSA) is 70.2 Å². The van der Waals surface area contributed by atoms with Gasteiger partial charge in [-0.3, -0.25) is 4.79 Å². The molecule has 3 aromatic carbocycles. The lowest BCUT2D eigenvalue weighted by Crippen LogP contribution is -2.39. The van der Waals surface area contributed by atoms with Crippen LogP contribution in [0.25, 0.3) is 0 Å². The first kappa shape index (κ1) is 25.0. The predicted molar refractivity (Wildman–Crippen MR) is 142 cm³/mol. The zero-order valence-electron chi connectivity index (χ0n) is 20.0. The van der Waals surface area contributed by atoms with Gasteiger partial charge in [-0.1, -0.05) is 79.5 Å². The van der Waals surface area contributed by atoms with Crippen LogP contribution in [0.3, 0.4) is 0 Å². The molecule has 3 aromatic rings. The lowest BCUT2D eigenvalue weighted by Gasteiger charge is -2.23. The summed E-state index contributed by atoms with van der Waals surface area (Å²) >= 11 is 5.89. The molecule has 0 bridgehead atoms. The van der Waals surface area contributed by atoms with Gasteiger partial charge in [-0.15, -0.1) is 0 Å². The minimum Gasteiger partial charge on any atom is -0.334 e. The van der Waals surface area contributed by atoms with Gasteiger partial charge in [0.05, 0.1) is 6.04 Å². The Morgan fingerprint density at radius 3 is 2.26 bits per heavy atom. The molecule has 6 heteroatoms. The molecule has 0 saturated heterocycles. The van der Waals surface area contributed by atoms with Gasteiger partial charge in [-0.2, -0.15) is 0 Å². The van der Waals surface area contributed by atoms with E-state index in [-0.39, 0.29) is 23.9 Å². The smallest absolute Gasteiger partial charge is 0.319 e. The number of carbonyl (C=O) groups is 2. The molecule has 2 amide bonds. The van der Waals surface area contributed by atoms with Crippen LogP contribution in [0.15, 0.2) is 78.9 Å². The van der Waals surface area contributed by atoms with E-state index in [2.05, 4.69) is 47.1 Å². The van der Waals surface area contributed by atoms with Crippen molar-refractivity contribution in [1.82, 2.24) is 10.6 Å². The Morgan fingerprint density at radius 2 is 1.54 bits per heavy atom. The third kappa shape index (κ3) is 6.93. The number of Topliss-reactive ketones (excluding diaryl/α,β-unsaturated/α-hetero) is 1. The molecule has 182 valence electrons. The minimum atomic E-state index is -0.267. The average molecular weight is 490 g/mol. The summed E-state index contributed by atoms with van der Waals surface area (Å²) in [5.74, 6) is 0.578. The van der Waals surface area contributed by atoms with Crippen molar-refractivity contribution in [2.75, 3.05) is 5.32 Å². The second kappa shape index (κ2) is 12.0. The van der Waals surface area contributed by atoms with Crippen molar-refractivity contribution in [1.29, 1.82) is 0 Å². The Morgan fingerprint density at radius 1 is 0.886 bits per heavy atom. The summed E-state index contributed by atoms with van der Waals surface area (Å²) < 4.78 is 0.